The van der Waals surface area contributed by atoms with Crippen molar-refractivity contribution in [1.82, 2.24) is 20.2 Å². The normalized spacial score (nSPS) is 10.1. The third-order valence-corrected chi connectivity index (χ3v) is 2.17. The van der Waals surface area contributed by atoms with E-state index in [1.807, 2.05) is 0 Å². The molecule has 0 aliphatic heterocycles. The first-order valence-corrected chi connectivity index (χ1v) is 5.09. The molecule has 0 spiro atoms. The topological polar surface area (TPSA) is 110 Å². The second-order valence-corrected chi connectivity index (χ2v) is 3.40. The number of nitrogens with zero attached hydrogens (tertiary/aromatic N) is 3. The van der Waals surface area contributed by atoms with E-state index in [2.05, 4.69) is 25.5 Å². The molecule has 0 saturated heterocycles. The average Bonchev–Trinajstić information content (AvgIpc) is 2.82. The van der Waals surface area contributed by atoms with Crippen LogP contribution in [-0.2, 0) is 6.42 Å². The maximum atomic E-state index is 10.9. The van der Waals surface area contributed by atoms with Gasteiger partial charge in [0.05, 0.1) is 0 Å². The van der Waals surface area contributed by atoms with Crippen LogP contribution in [0.3, 0.4) is 0 Å². The largest absolute Gasteiger partial charge is 0.384 e. The van der Waals surface area contributed by atoms with Crippen LogP contribution in [0.15, 0.2) is 24.7 Å². The summed E-state index contributed by atoms with van der Waals surface area (Å²) in [6, 6.07) is 3.38. The standard InChI is InChI=1S/C10H12N6O/c11-10(17)8-5-7(1-3-13-8)12-4-2-9-14-6-15-16-9/h1,3,5-6H,2,4H2,(H2,11,17)(H,12,13)(H,14,15,16). The van der Waals surface area contributed by atoms with Crippen molar-refractivity contribution in [2.24, 2.45) is 5.73 Å². The molecule has 0 radical (unpaired) electrons. The van der Waals surface area contributed by atoms with Crippen molar-refractivity contribution < 1.29 is 4.79 Å². The van der Waals surface area contributed by atoms with Crippen LogP contribution < -0.4 is 11.1 Å². The Balaban J connectivity index is 1.90. The highest BCUT2D eigenvalue weighted by atomic mass is 16.1. The molecule has 4 N–H and O–H groups in total. The molecule has 17 heavy (non-hydrogen) atoms. The third-order valence-electron chi connectivity index (χ3n) is 2.17. The van der Waals surface area contributed by atoms with Crippen molar-refractivity contribution >= 4 is 11.6 Å². The SMILES string of the molecule is NC(=O)c1cc(NCCc2ncn[nH]2)ccn1. The van der Waals surface area contributed by atoms with Gasteiger partial charge < -0.3 is 11.1 Å². The summed E-state index contributed by atoms with van der Waals surface area (Å²) >= 11 is 0. The highest BCUT2D eigenvalue weighted by Crippen LogP contribution is 2.07. The molecule has 2 rings (SSSR count). The van der Waals surface area contributed by atoms with Crippen LogP contribution in [0.4, 0.5) is 5.69 Å². The van der Waals surface area contributed by atoms with Crippen LogP contribution in [0, 0.1) is 0 Å². The van der Waals surface area contributed by atoms with Gasteiger partial charge in [-0.05, 0) is 12.1 Å². The van der Waals surface area contributed by atoms with Gasteiger partial charge in [0.1, 0.15) is 17.8 Å². The highest BCUT2D eigenvalue weighted by molar-refractivity contribution is 5.91. The lowest BCUT2D eigenvalue weighted by molar-refractivity contribution is 0.0995. The molecule has 0 aliphatic carbocycles. The monoisotopic (exact) mass is 232 g/mol. The Morgan fingerprint density at radius 2 is 2.35 bits per heavy atom. The number of aromatic amines is 1. The molecule has 7 heteroatoms. The minimum Gasteiger partial charge on any atom is -0.384 e. The average molecular weight is 232 g/mol. The van der Waals surface area contributed by atoms with Gasteiger partial charge in [-0.1, -0.05) is 0 Å². The maximum Gasteiger partial charge on any atom is 0.267 e. The number of primary amides is 1. The van der Waals surface area contributed by atoms with Crippen LogP contribution in [0.1, 0.15) is 16.3 Å². The molecule has 0 aliphatic rings. The van der Waals surface area contributed by atoms with Gasteiger partial charge in [0.2, 0.25) is 0 Å². The minimum atomic E-state index is -0.538. The maximum absolute atomic E-state index is 10.9. The number of aromatic nitrogens is 4. The molecule has 88 valence electrons. The number of carbonyl (C=O) groups excluding carboxylic acids is 1. The zero-order valence-corrected chi connectivity index (χ0v) is 9.05. The highest BCUT2D eigenvalue weighted by Gasteiger charge is 2.02. The van der Waals surface area contributed by atoms with Gasteiger partial charge in [-0.2, -0.15) is 5.10 Å². The molecule has 2 aromatic heterocycles. The number of H-pyrrole nitrogens is 1. The smallest absolute Gasteiger partial charge is 0.267 e. The fourth-order valence-corrected chi connectivity index (χ4v) is 1.35. The molecule has 2 heterocycles. The summed E-state index contributed by atoms with van der Waals surface area (Å²) in [5.41, 5.74) is 6.18. The molecular formula is C10H12N6O. The van der Waals surface area contributed by atoms with E-state index in [-0.39, 0.29) is 5.69 Å². The van der Waals surface area contributed by atoms with E-state index in [0.29, 0.717) is 13.0 Å². The molecule has 0 unspecified atom stereocenters. The van der Waals surface area contributed by atoms with E-state index < -0.39 is 5.91 Å². The van der Waals surface area contributed by atoms with Crippen LogP contribution in [0.2, 0.25) is 0 Å². The summed E-state index contributed by atoms with van der Waals surface area (Å²) < 4.78 is 0. The Morgan fingerprint density at radius 1 is 1.47 bits per heavy atom. The fourth-order valence-electron chi connectivity index (χ4n) is 1.35. The molecular weight excluding hydrogens is 220 g/mol. The Morgan fingerprint density at radius 3 is 3.06 bits per heavy atom. The van der Waals surface area contributed by atoms with Crippen LogP contribution >= 0.6 is 0 Å². The first-order chi connectivity index (χ1) is 8.25. The Kier molecular flexibility index (Phi) is 3.29. The van der Waals surface area contributed by atoms with E-state index >= 15 is 0 Å². The summed E-state index contributed by atoms with van der Waals surface area (Å²) in [5.74, 6) is 0.269. The Labute approximate surface area is 97.5 Å². The molecule has 0 aromatic carbocycles. The van der Waals surface area contributed by atoms with Crippen molar-refractivity contribution in [3.8, 4) is 0 Å². The van der Waals surface area contributed by atoms with E-state index in [9.17, 15) is 4.79 Å². The summed E-state index contributed by atoms with van der Waals surface area (Å²) in [6.45, 7) is 0.678. The van der Waals surface area contributed by atoms with Gasteiger partial charge in [-0.25, -0.2) is 4.98 Å². The first-order valence-electron chi connectivity index (χ1n) is 5.09. The first kappa shape index (κ1) is 11.1. The third kappa shape index (κ3) is 3.00. The van der Waals surface area contributed by atoms with E-state index in [4.69, 9.17) is 5.73 Å². The lowest BCUT2D eigenvalue weighted by Crippen LogP contribution is -2.14. The van der Waals surface area contributed by atoms with Crippen LogP contribution in [-0.4, -0.2) is 32.6 Å². The van der Waals surface area contributed by atoms with Crippen molar-refractivity contribution in [1.29, 1.82) is 0 Å². The van der Waals surface area contributed by atoms with E-state index in [0.717, 1.165) is 11.5 Å². The van der Waals surface area contributed by atoms with Gasteiger partial charge in [0.25, 0.3) is 5.91 Å². The molecule has 2 aromatic rings. The van der Waals surface area contributed by atoms with Crippen LogP contribution in [0.25, 0.3) is 0 Å². The number of pyridine rings is 1. The van der Waals surface area contributed by atoms with Gasteiger partial charge in [0.15, 0.2) is 0 Å². The molecule has 0 bridgehead atoms. The number of nitrogens with one attached hydrogen (secondary N) is 2. The van der Waals surface area contributed by atoms with Crippen molar-refractivity contribution in [3.63, 3.8) is 0 Å². The van der Waals surface area contributed by atoms with E-state index in [1.54, 1.807) is 12.1 Å². The van der Waals surface area contributed by atoms with Gasteiger partial charge in [-0.15, -0.1) is 0 Å². The zero-order valence-electron chi connectivity index (χ0n) is 9.05. The summed E-state index contributed by atoms with van der Waals surface area (Å²) in [5, 5.41) is 9.66. The van der Waals surface area contributed by atoms with Gasteiger partial charge >= 0.3 is 0 Å². The molecule has 0 atom stereocenters. The lowest BCUT2D eigenvalue weighted by Gasteiger charge is -2.05. The number of rotatable bonds is 5. The molecule has 0 fully saturated rings. The fraction of sp³-hybridized carbons (Fsp3) is 0.200. The number of hydrogen-bond acceptors (Lipinski definition) is 5. The van der Waals surface area contributed by atoms with Crippen molar-refractivity contribution in [2.45, 2.75) is 6.42 Å². The van der Waals surface area contributed by atoms with Crippen molar-refractivity contribution in [2.75, 3.05) is 11.9 Å². The Bertz CT molecular complexity index is 495. The number of anilines is 1. The zero-order chi connectivity index (χ0) is 12.1. The Hall–Kier alpha value is -2.44. The minimum absolute atomic E-state index is 0.245. The number of carbonyl (C=O) groups is 1. The van der Waals surface area contributed by atoms with Gasteiger partial charge in [0, 0.05) is 24.8 Å². The second-order valence-electron chi connectivity index (χ2n) is 3.40. The summed E-state index contributed by atoms with van der Waals surface area (Å²) in [6.07, 6.45) is 3.72. The molecule has 0 saturated carbocycles. The second kappa shape index (κ2) is 5.06. The number of nitrogens with two attached hydrogens (primary N) is 1. The van der Waals surface area contributed by atoms with E-state index in [1.165, 1.54) is 12.5 Å². The molecule has 1 amide bonds. The molecule has 7 nitrogen and oxygen atoms in total. The number of hydrogen-bond donors (Lipinski definition) is 3. The summed E-state index contributed by atoms with van der Waals surface area (Å²) in [4.78, 5) is 18.8. The quantitative estimate of drug-likeness (QED) is 0.669. The number of amides is 1. The van der Waals surface area contributed by atoms with Gasteiger partial charge in [-0.3, -0.25) is 14.9 Å². The summed E-state index contributed by atoms with van der Waals surface area (Å²) in [7, 11) is 0. The predicted molar refractivity (Wildman–Crippen MR) is 61.3 cm³/mol. The predicted octanol–water partition coefficient (Wildman–Crippen LogP) is -0.0468. The van der Waals surface area contributed by atoms with Crippen molar-refractivity contribution in [3.05, 3.63) is 36.2 Å². The lowest BCUT2D eigenvalue weighted by atomic mass is 10.3. The van der Waals surface area contributed by atoms with Crippen LogP contribution in [0.5, 0.6) is 0 Å².